The van der Waals surface area contributed by atoms with Crippen LogP contribution in [0.1, 0.15) is 45.2 Å². The zero-order valence-corrected chi connectivity index (χ0v) is 14.8. The summed E-state index contributed by atoms with van der Waals surface area (Å²) in [6.45, 7) is 14.4. The van der Waals surface area contributed by atoms with Crippen LogP contribution in [0.15, 0.2) is 18.2 Å². The molecular formula is C18H29ClN2. The van der Waals surface area contributed by atoms with Crippen molar-refractivity contribution in [2.75, 3.05) is 13.1 Å². The molecule has 2 nitrogen and oxygen atoms in total. The second kappa shape index (κ2) is 6.68. The van der Waals surface area contributed by atoms with E-state index < -0.39 is 0 Å². The van der Waals surface area contributed by atoms with Gasteiger partial charge in [0.2, 0.25) is 0 Å². The zero-order valence-electron chi connectivity index (χ0n) is 14.0. The average molecular weight is 309 g/mol. The maximum atomic E-state index is 6.43. The van der Waals surface area contributed by atoms with Gasteiger partial charge in [0.25, 0.3) is 0 Å². The summed E-state index contributed by atoms with van der Waals surface area (Å²) in [5.41, 5.74) is 2.62. The first-order valence-electron chi connectivity index (χ1n) is 8.07. The predicted octanol–water partition coefficient (Wildman–Crippen LogP) is 4.25. The quantitative estimate of drug-likeness (QED) is 0.894. The van der Waals surface area contributed by atoms with Crippen LogP contribution in [0.25, 0.3) is 0 Å². The van der Waals surface area contributed by atoms with Gasteiger partial charge in [-0.15, -0.1) is 0 Å². The summed E-state index contributed by atoms with van der Waals surface area (Å²) in [4.78, 5) is 2.58. The van der Waals surface area contributed by atoms with Crippen LogP contribution in [-0.2, 0) is 6.54 Å². The first kappa shape index (κ1) is 16.8. The fourth-order valence-electron chi connectivity index (χ4n) is 2.97. The molecule has 0 aromatic heterocycles. The molecule has 118 valence electrons. The zero-order chi connectivity index (χ0) is 15.6. The minimum atomic E-state index is 0.165. The molecule has 1 heterocycles. The molecule has 0 spiro atoms. The topological polar surface area (TPSA) is 15.3 Å². The second-order valence-electron chi connectivity index (χ2n) is 7.16. The average Bonchev–Trinajstić information content (AvgIpc) is 2.42. The van der Waals surface area contributed by atoms with Crippen LogP contribution in [-0.4, -0.2) is 29.6 Å². The number of hydrogen-bond donors (Lipinski definition) is 1. The van der Waals surface area contributed by atoms with Gasteiger partial charge < -0.3 is 5.32 Å². The van der Waals surface area contributed by atoms with E-state index in [0.717, 1.165) is 24.7 Å². The van der Waals surface area contributed by atoms with Crippen molar-refractivity contribution in [3.63, 3.8) is 0 Å². The molecule has 2 rings (SSSR count). The van der Waals surface area contributed by atoms with Crippen molar-refractivity contribution in [1.29, 1.82) is 0 Å². The summed E-state index contributed by atoms with van der Waals surface area (Å²) < 4.78 is 0. The first-order chi connectivity index (χ1) is 9.83. The van der Waals surface area contributed by atoms with Gasteiger partial charge in [-0.1, -0.05) is 44.0 Å². The minimum absolute atomic E-state index is 0.165. The summed E-state index contributed by atoms with van der Waals surface area (Å²) in [6, 6.07) is 6.97. The lowest BCUT2D eigenvalue weighted by atomic mass is 9.90. The fourth-order valence-corrected chi connectivity index (χ4v) is 3.27. The van der Waals surface area contributed by atoms with E-state index in [1.54, 1.807) is 0 Å². The number of nitrogens with zero attached hydrogens (tertiary/aromatic N) is 1. The highest BCUT2D eigenvalue weighted by atomic mass is 35.5. The van der Waals surface area contributed by atoms with E-state index in [1.165, 1.54) is 17.5 Å². The smallest absolute Gasteiger partial charge is 0.0453 e. The third kappa shape index (κ3) is 4.00. The number of aryl methyl sites for hydroxylation is 1. The van der Waals surface area contributed by atoms with Gasteiger partial charge in [0.15, 0.2) is 0 Å². The van der Waals surface area contributed by atoms with E-state index in [2.05, 4.69) is 63.0 Å². The molecule has 1 fully saturated rings. The maximum Gasteiger partial charge on any atom is 0.0453 e. The van der Waals surface area contributed by atoms with Crippen LogP contribution in [0, 0.1) is 12.8 Å². The van der Waals surface area contributed by atoms with E-state index >= 15 is 0 Å². The SMILES string of the molecule is CCC(C)C1CN(Cc2ccc(C)cc2Cl)C(C)(C)CN1. The van der Waals surface area contributed by atoms with Crippen LogP contribution in [0.2, 0.25) is 5.02 Å². The molecule has 3 heteroatoms. The lowest BCUT2D eigenvalue weighted by Crippen LogP contribution is -2.62. The lowest BCUT2D eigenvalue weighted by Gasteiger charge is -2.47. The van der Waals surface area contributed by atoms with Crippen LogP contribution in [0.5, 0.6) is 0 Å². The summed E-state index contributed by atoms with van der Waals surface area (Å²) in [5, 5.41) is 4.62. The third-order valence-corrected chi connectivity index (χ3v) is 5.32. The van der Waals surface area contributed by atoms with Crippen molar-refractivity contribution in [3.8, 4) is 0 Å². The Kier molecular flexibility index (Phi) is 5.34. The Morgan fingerprint density at radius 3 is 2.76 bits per heavy atom. The molecule has 0 saturated carbocycles. The van der Waals surface area contributed by atoms with E-state index in [4.69, 9.17) is 11.6 Å². The Labute approximate surface area is 134 Å². The molecule has 0 bridgehead atoms. The lowest BCUT2D eigenvalue weighted by molar-refractivity contribution is 0.0449. The third-order valence-electron chi connectivity index (χ3n) is 4.97. The highest BCUT2D eigenvalue weighted by molar-refractivity contribution is 6.31. The maximum absolute atomic E-state index is 6.43. The largest absolute Gasteiger partial charge is 0.311 e. The van der Waals surface area contributed by atoms with Crippen LogP contribution in [0.3, 0.4) is 0 Å². The van der Waals surface area contributed by atoms with Crippen molar-refractivity contribution in [2.24, 2.45) is 5.92 Å². The normalized spacial score (nSPS) is 24.0. The Morgan fingerprint density at radius 2 is 2.14 bits per heavy atom. The summed E-state index contributed by atoms with van der Waals surface area (Å²) in [7, 11) is 0. The molecule has 1 aliphatic heterocycles. The van der Waals surface area contributed by atoms with Crippen LogP contribution >= 0.6 is 11.6 Å². The number of rotatable bonds is 4. The molecule has 1 saturated heterocycles. The standard InChI is InChI=1S/C18H29ClN2/c1-6-14(3)17-11-21(18(4,5)12-20-17)10-15-8-7-13(2)9-16(15)19/h7-9,14,17,20H,6,10-12H2,1-5H3. The van der Waals surface area contributed by atoms with E-state index in [1.807, 2.05) is 0 Å². The van der Waals surface area contributed by atoms with Gasteiger partial charge in [0, 0.05) is 36.2 Å². The van der Waals surface area contributed by atoms with Gasteiger partial charge in [0.05, 0.1) is 0 Å². The van der Waals surface area contributed by atoms with Gasteiger partial charge in [0.1, 0.15) is 0 Å². The highest BCUT2D eigenvalue weighted by Crippen LogP contribution is 2.27. The Morgan fingerprint density at radius 1 is 1.43 bits per heavy atom. The molecule has 0 aliphatic carbocycles. The Balaban J connectivity index is 2.14. The van der Waals surface area contributed by atoms with Gasteiger partial charge >= 0.3 is 0 Å². The minimum Gasteiger partial charge on any atom is -0.311 e. The van der Waals surface area contributed by atoms with Crippen molar-refractivity contribution >= 4 is 11.6 Å². The fraction of sp³-hybridized carbons (Fsp3) is 0.667. The van der Waals surface area contributed by atoms with Crippen LogP contribution < -0.4 is 5.32 Å². The molecule has 21 heavy (non-hydrogen) atoms. The van der Waals surface area contributed by atoms with E-state index in [-0.39, 0.29) is 5.54 Å². The Bertz CT molecular complexity index is 484. The van der Waals surface area contributed by atoms with E-state index in [9.17, 15) is 0 Å². The number of hydrogen-bond acceptors (Lipinski definition) is 2. The number of nitrogens with one attached hydrogen (secondary N) is 1. The second-order valence-corrected chi connectivity index (χ2v) is 7.57. The number of piperazine rings is 1. The van der Waals surface area contributed by atoms with Gasteiger partial charge in [-0.25, -0.2) is 0 Å². The van der Waals surface area contributed by atoms with Gasteiger partial charge in [-0.2, -0.15) is 0 Å². The summed E-state index contributed by atoms with van der Waals surface area (Å²) >= 11 is 6.43. The first-order valence-corrected chi connectivity index (χ1v) is 8.44. The van der Waals surface area contributed by atoms with E-state index in [0.29, 0.717) is 12.0 Å². The van der Waals surface area contributed by atoms with Crippen LogP contribution in [0.4, 0.5) is 0 Å². The van der Waals surface area contributed by atoms with Crippen molar-refractivity contribution in [3.05, 3.63) is 34.3 Å². The molecule has 1 aromatic carbocycles. The molecule has 0 radical (unpaired) electrons. The predicted molar refractivity (Wildman–Crippen MR) is 91.9 cm³/mol. The molecular weight excluding hydrogens is 280 g/mol. The molecule has 1 aromatic rings. The summed E-state index contributed by atoms with van der Waals surface area (Å²) in [6.07, 6.45) is 1.22. The van der Waals surface area contributed by atoms with Gasteiger partial charge in [-0.05, 0) is 43.9 Å². The molecule has 2 atom stereocenters. The molecule has 1 aliphatic rings. The number of halogens is 1. The Hall–Kier alpha value is -0.570. The highest BCUT2D eigenvalue weighted by Gasteiger charge is 2.35. The van der Waals surface area contributed by atoms with Gasteiger partial charge in [-0.3, -0.25) is 4.90 Å². The molecule has 0 amide bonds. The van der Waals surface area contributed by atoms with Crippen molar-refractivity contribution in [2.45, 2.75) is 59.2 Å². The number of benzene rings is 1. The summed E-state index contributed by atoms with van der Waals surface area (Å²) in [5.74, 6) is 0.706. The molecule has 1 N–H and O–H groups in total. The van der Waals surface area contributed by atoms with Crippen molar-refractivity contribution < 1.29 is 0 Å². The molecule has 2 unspecified atom stereocenters. The monoisotopic (exact) mass is 308 g/mol. The van der Waals surface area contributed by atoms with Crippen molar-refractivity contribution in [1.82, 2.24) is 10.2 Å².